The molecule has 0 heterocycles. The van der Waals surface area contributed by atoms with Gasteiger partial charge in [-0.2, -0.15) is 0 Å². The van der Waals surface area contributed by atoms with Crippen LogP contribution in [0.1, 0.15) is 25.7 Å². The van der Waals surface area contributed by atoms with Gasteiger partial charge in [0.1, 0.15) is 5.82 Å². The van der Waals surface area contributed by atoms with Crippen LogP contribution >= 0.6 is 11.6 Å². The maximum absolute atomic E-state index is 13.0. The molecular weight excluding hydrogens is 285 g/mol. The zero-order valence-corrected chi connectivity index (χ0v) is 11.5. The van der Waals surface area contributed by atoms with Crippen molar-refractivity contribution in [3.05, 3.63) is 29.0 Å². The van der Waals surface area contributed by atoms with E-state index in [0.717, 1.165) is 18.9 Å². The lowest BCUT2D eigenvalue weighted by Gasteiger charge is -2.27. The Bertz CT molecular complexity index is 535. The monoisotopic (exact) mass is 299 g/mol. The topological polar surface area (TPSA) is 66.4 Å². The van der Waals surface area contributed by atoms with Gasteiger partial charge < -0.3 is 10.4 Å². The molecule has 0 bridgehead atoms. The highest BCUT2D eigenvalue weighted by atomic mass is 35.5. The molecule has 1 aliphatic rings. The van der Waals surface area contributed by atoms with E-state index in [-0.39, 0.29) is 10.9 Å². The fourth-order valence-electron chi connectivity index (χ4n) is 2.55. The molecule has 108 valence electrons. The van der Waals surface area contributed by atoms with Crippen LogP contribution in [0.4, 0.5) is 10.1 Å². The number of nitrogens with one attached hydrogen (secondary N) is 1. The molecular formula is C14H15ClFNO3. The van der Waals surface area contributed by atoms with Crippen molar-refractivity contribution in [2.45, 2.75) is 25.7 Å². The van der Waals surface area contributed by atoms with Gasteiger partial charge in [-0.15, -0.1) is 0 Å². The number of carbonyl (C=O) groups excluding carboxylic acids is 1. The van der Waals surface area contributed by atoms with Crippen LogP contribution in [0.25, 0.3) is 0 Å². The highest BCUT2D eigenvalue weighted by molar-refractivity contribution is 6.31. The number of hydrogen-bond donors (Lipinski definition) is 2. The maximum Gasteiger partial charge on any atom is 0.307 e. The summed E-state index contributed by atoms with van der Waals surface area (Å²) >= 11 is 5.64. The van der Waals surface area contributed by atoms with E-state index < -0.39 is 23.6 Å². The Morgan fingerprint density at radius 3 is 2.50 bits per heavy atom. The summed E-state index contributed by atoms with van der Waals surface area (Å²) in [7, 11) is 0. The first-order valence-corrected chi connectivity index (χ1v) is 6.85. The number of halogens is 2. The lowest BCUT2D eigenvalue weighted by Crippen LogP contribution is -2.36. The molecule has 1 fully saturated rings. The van der Waals surface area contributed by atoms with E-state index in [9.17, 15) is 14.0 Å². The smallest absolute Gasteiger partial charge is 0.307 e. The standard InChI is InChI=1S/C14H15ClFNO3/c15-11-7-8(5-6-12(11)16)17-13(18)9-3-1-2-4-10(9)14(19)20/h5-7,9-10H,1-4H2,(H,17,18)(H,19,20). The molecule has 2 unspecified atom stereocenters. The summed E-state index contributed by atoms with van der Waals surface area (Å²) in [5.41, 5.74) is 0.371. The van der Waals surface area contributed by atoms with Crippen LogP contribution in [0.15, 0.2) is 18.2 Å². The third kappa shape index (κ3) is 3.28. The van der Waals surface area contributed by atoms with Gasteiger partial charge in [0.2, 0.25) is 5.91 Å². The van der Waals surface area contributed by atoms with Crippen LogP contribution in [0.2, 0.25) is 5.02 Å². The molecule has 2 rings (SSSR count). The van der Waals surface area contributed by atoms with Crippen LogP contribution in [0.5, 0.6) is 0 Å². The number of carboxylic acid groups (broad SMARTS) is 1. The number of hydrogen-bond acceptors (Lipinski definition) is 2. The number of carboxylic acids is 1. The molecule has 4 nitrogen and oxygen atoms in total. The van der Waals surface area contributed by atoms with Gasteiger partial charge in [0.05, 0.1) is 16.9 Å². The van der Waals surface area contributed by atoms with Gasteiger partial charge in [-0.3, -0.25) is 9.59 Å². The van der Waals surface area contributed by atoms with Gasteiger partial charge in [0.15, 0.2) is 0 Å². The van der Waals surface area contributed by atoms with E-state index >= 15 is 0 Å². The molecule has 0 aliphatic heterocycles. The van der Waals surface area contributed by atoms with E-state index in [2.05, 4.69) is 5.32 Å². The fraction of sp³-hybridized carbons (Fsp3) is 0.429. The lowest BCUT2D eigenvalue weighted by atomic mass is 9.78. The molecule has 0 radical (unpaired) electrons. The molecule has 1 aromatic carbocycles. The van der Waals surface area contributed by atoms with Gasteiger partial charge in [-0.05, 0) is 31.0 Å². The quantitative estimate of drug-likeness (QED) is 0.900. The summed E-state index contributed by atoms with van der Waals surface area (Å²) in [6.07, 6.45) is 2.73. The third-order valence-electron chi connectivity index (χ3n) is 3.61. The Kier molecular flexibility index (Phi) is 4.60. The van der Waals surface area contributed by atoms with Crippen LogP contribution in [0.3, 0.4) is 0 Å². The minimum absolute atomic E-state index is 0.0822. The molecule has 2 atom stereocenters. The Balaban J connectivity index is 2.09. The number of rotatable bonds is 3. The second-order valence-electron chi connectivity index (χ2n) is 4.95. The SMILES string of the molecule is O=C(O)C1CCCCC1C(=O)Nc1ccc(F)c(Cl)c1. The second-order valence-corrected chi connectivity index (χ2v) is 5.36. The molecule has 0 spiro atoms. The van der Waals surface area contributed by atoms with Gasteiger partial charge in [-0.25, -0.2) is 4.39 Å². The van der Waals surface area contributed by atoms with E-state index in [0.29, 0.717) is 18.5 Å². The molecule has 1 saturated carbocycles. The minimum atomic E-state index is -0.943. The van der Waals surface area contributed by atoms with E-state index in [4.69, 9.17) is 16.7 Å². The summed E-state index contributed by atoms with van der Waals surface area (Å²) in [6, 6.07) is 3.87. The number of carbonyl (C=O) groups is 2. The number of aliphatic carboxylic acids is 1. The first kappa shape index (κ1) is 14.8. The lowest BCUT2D eigenvalue weighted by molar-refractivity contribution is -0.147. The van der Waals surface area contributed by atoms with Crippen LogP contribution in [-0.4, -0.2) is 17.0 Å². The van der Waals surface area contributed by atoms with Crippen molar-refractivity contribution in [3.8, 4) is 0 Å². The highest BCUT2D eigenvalue weighted by Gasteiger charge is 2.35. The first-order valence-electron chi connectivity index (χ1n) is 6.48. The van der Waals surface area contributed by atoms with Gasteiger partial charge in [0.25, 0.3) is 0 Å². The number of benzene rings is 1. The molecule has 1 aromatic rings. The Hall–Kier alpha value is -1.62. The van der Waals surface area contributed by atoms with Crippen molar-refractivity contribution in [2.24, 2.45) is 11.8 Å². The molecule has 1 aliphatic carbocycles. The third-order valence-corrected chi connectivity index (χ3v) is 3.90. The Morgan fingerprint density at radius 1 is 1.25 bits per heavy atom. The van der Waals surface area contributed by atoms with Crippen LogP contribution in [-0.2, 0) is 9.59 Å². The van der Waals surface area contributed by atoms with E-state index in [1.807, 2.05) is 0 Å². The largest absolute Gasteiger partial charge is 0.481 e. The highest BCUT2D eigenvalue weighted by Crippen LogP contribution is 2.31. The van der Waals surface area contributed by atoms with E-state index in [1.54, 1.807) is 0 Å². The molecule has 0 aromatic heterocycles. The summed E-state index contributed by atoms with van der Waals surface area (Å²) < 4.78 is 13.0. The zero-order valence-electron chi connectivity index (χ0n) is 10.7. The van der Waals surface area contributed by atoms with Crippen LogP contribution in [0, 0.1) is 17.7 Å². The van der Waals surface area contributed by atoms with Crippen molar-refractivity contribution < 1.29 is 19.1 Å². The average molecular weight is 300 g/mol. The van der Waals surface area contributed by atoms with Crippen LogP contribution < -0.4 is 5.32 Å². The van der Waals surface area contributed by atoms with Crippen molar-refractivity contribution in [1.29, 1.82) is 0 Å². The summed E-state index contributed by atoms with van der Waals surface area (Å²) in [6.45, 7) is 0. The Morgan fingerprint density at radius 2 is 1.90 bits per heavy atom. The van der Waals surface area contributed by atoms with Gasteiger partial charge >= 0.3 is 5.97 Å². The summed E-state index contributed by atoms with van der Waals surface area (Å²) in [4.78, 5) is 23.3. The molecule has 2 N–H and O–H groups in total. The van der Waals surface area contributed by atoms with E-state index in [1.165, 1.54) is 12.1 Å². The first-order chi connectivity index (χ1) is 9.49. The number of anilines is 1. The number of amides is 1. The second kappa shape index (κ2) is 6.22. The Labute approximate surface area is 120 Å². The molecule has 1 amide bonds. The summed E-state index contributed by atoms with van der Waals surface area (Å²) in [5.74, 6) is -3.06. The van der Waals surface area contributed by atoms with Crippen molar-refractivity contribution in [3.63, 3.8) is 0 Å². The average Bonchev–Trinajstić information content (AvgIpc) is 2.43. The molecule has 0 saturated heterocycles. The van der Waals surface area contributed by atoms with Crippen molar-refractivity contribution in [2.75, 3.05) is 5.32 Å². The van der Waals surface area contributed by atoms with Crippen molar-refractivity contribution in [1.82, 2.24) is 0 Å². The summed E-state index contributed by atoms with van der Waals surface area (Å²) in [5, 5.41) is 11.7. The molecule has 6 heteroatoms. The van der Waals surface area contributed by atoms with Crippen molar-refractivity contribution >= 4 is 29.2 Å². The van der Waals surface area contributed by atoms with Gasteiger partial charge in [0, 0.05) is 5.69 Å². The normalized spacial score (nSPS) is 22.3. The minimum Gasteiger partial charge on any atom is -0.481 e. The predicted octanol–water partition coefficient (Wildman–Crippen LogP) is 3.31. The fourth-order valence-corrected chi connectivity index (χ4v) is 2.73. The maximum atomic E-state index is 13.0. The zero-order chi connectivity index (χ0) is 14.7. The molecule has 20 heavy (non-hydrogen) atoms. The van der Waals surface area contributed by atoms with Gasteiger partial charge in [-0.1, -0.05) is 24.4 Å². The predicted molar refractivity (Wildman–Crippen MR) is 73.1 cm³/mol.